The van der Waals surface area contributed by atoms with Crippen LogP contribution in [-0.2, 0) is 9.63 Å². The summed E-state index contributed by atoms with van der Waals surface area (Å²) in [6.45, 7) is 5.33. The predicted octanol–water partition coefficient (Wildman–Crippen LogP) is 2.12. The van der Waals surface area contributed by atoms with E-state index in [4.69, 9.17) is 10.6 Å². The molecule has 0 spiro atoms. The molecule has 8 atom stereocenters. The number of nitrogens with two attached hydrogens (primary N) is 1. The van der Waals surface area contributed by atoms with Crippen LogP contribution in [0.4, 0.5) is 0 Å². The van der Waals surface area contributed by atoms with Gasteiger partial charge in [0.15, 0.2) is 0 Å². The minimum absolute atomic E-state index is 0.0149. The quantitative estimate of drug-likeness (QED) is 0.502. The zero-order valence-electron chi connectivity index (χ0n) is 17.3. The van der Waals surface area contributed by atoms with Crippen LogP contribution in [0.15, 0.2) is 5.16 Å². The summed E-state index contributed by atoms with van der Waals surface area (Å²) >= 11 is 0. The number of fused-ring (bicyclic) bond motifs is 5. The molecule has 4 aliphatic rings. The fourth-order valence-electron chi connectivity index (χ4n) is 7.53. The van der Waals surface area contributed by atoms with Gasteiger partial charge in [-0.25, -0.2) is 0 Å². The van der Waals surface area contributed by atoms with E-state index >= 15 is 0 Å². The molecular weight excluding hydrogens is 356 g/mol. The minimum Gasteiger partial charge on any atom is -0.396 e. The Balaban J connectivity index is 1.64. The van der Waals surface area contributed by atoms with Crippen molar-refractivity contribution in [2.24, 2.45) is 51.3 Å². The van der Waals surface area contributed by atoms with Crippen molar-refractivity contribution in [1.29, 1.82) is 0 Å². The van der Waals surface area contributed by atoms with Gasteiger partial charge >= 0.3 is 0 Å². The highest BCUT2D eigenvalue weighted by Gasteiger charge is 2.64. The Labute approximate surface area is 167 Å². The lowest BCUT2D eigenvalue weighted by Gasteiger charge is -2.63. The maximum atomic E-state index is 12.6. The molecule has 0 amide bonds. The van der Waals surface area contributed by atoms with E-state index in [1.54, 1.807) is 0 Å². The van der Waals surface area contributed by atoms with Crippen LogP contribution in [-0.4, -0.2) is 47.6 Å². The molecule has 6 nitrogen and oxygen atoms in total. The second-order valence-corrected chi connectivity index (χ2v) is 10.1. The number of nitrogens with zero attached hydrogens (tertiary/aromatic N) is 1. The number of oxime groups is 1. The molecule has 0 radical (unpaired) electrons. The number of hydrogen-bond acceptors (Lipinski definition) is 6. The fraction of sp³-hybridized carbons (Fsp3) is 0.909. The van der Waals surface area contributed by atoms with Gasteiger partial charge in [0.05, 0.1) is 11.8 Å². The van der Waals surface area contributed by atoms with Crippen LogP contribution in [0.3, 0.4) is 0 Å². The third-order valence-electron chi connectivity index (χ3n) is 9.11. The van der Waals surface area contributed by atoms with Gasteiger partial charge in [0.25, 0.3) is 0 Å². The first-order valence-electron chi connectivity index (χ1n) is 11.1. The number of hydrogen-bond donors (Lipinski definition) is 3. The summed E-state index contributed by atoms with van der Waals surface area (Å²) in [6, 6.07) is 0. The topological polar surface area (TPSA) is 105 Å². The monoisotopic (exact) mass is 392 g/mol. The molecule has 8 unspecified atom stereocenters. The maximum Gasteiger partial charge on any atom is 0.139 e. The molecule has 0 bridgehead atoms. The van der Waals surface area contributed by atoms with Gasteiger partial charge in [0.1, 0.15) is 12.4 Å². The molecule has 0 aromatic heterocycles. The van der Waals surface area contributed by atoms with Crippen molar-refractivity contribution in [2.75, 3.05) is 19.8 Å². The molecular formula is C22H36N2O4. The molecule has 4 saturated carbocycles. The van der Waals surface area contributed by atoms with E-state index in [-0.39, 0.29) is 41.1 Å². The van der Waals surface area contributed by atoms with E-state index in [1.165, 1.54) is 0 Å². The lowest BCUT2D eigenvalue weighted by atomic mass is 9.42. The number of carbonyl (C=O) groups excluding carboxylic acids is 1. The number of carbonyl (C=O) groups is 1. The van der Waals surface area contributed by atoms with E-state index in [9.17, 15) is 15.0 Å². The van der Waals surface area contributed by atoms with Crippen molar-refractivity contribution >= 4 is 11.5 Å². The first-order valence-corrected chi connectivity index (χ1v) is 11.1. The van der Waals surface area contributed by atoms with Crippen molar-refractivity contribution in [3.8, 4) is 0 Å². The van der Waals surface area contributed by atoms with E-state index in [0.29, 0.717) is 31.3 Å². The molecule has 6 heteroatoms. The normalized spacial score (nSPS) is 49.5. The Bertz CT molecular complexity index is 652. The van der Waals surface area contributed by atoms with Crippen LogP contribution in [0.2, 0.25) is 0 Å². The average Bonchev–Trinajstić information content (AvgIpc) is 2.98. The third-order valence-corrected chi connectivity index (χ3v) is 9.11. The summed E-state index contributed by atoms with van der Waals surface area (Å²) in [6.07, 6.45) is 5.61. The molecule has 4 fully saturated rings. The van der Waals surface area contributed by atoms with Crippen molar-refractivity contribution in [2.45, 2.75) is 64.9 Å². The first kappa shape index (κ1) is 20.3. The second-order valence-electron chi connectivity index (χ2n) is 10.1. The van der Waals surface area contributed by atoms with Gasteiger partial charge in [-0.1, -0.05) is 19.0 Å². The van der Waals surface area contributed by atoms with Gasteiger partial charge in [-0.15, -0.1) is 0 Å². The standard InChI is InChI=1S/C22H36N2O4/c1-21-7-5-13(24-28-10-9-23)11-17(21)14(12-25)20(27)19-15-3-4-18(26)22(15,2)8-6-16(19)21/h14-17,19-20,25,27H,3-12,23H2,1-2H3/b24-13+. The zero-order valence-corrected chi connectivity index (χ0v) is 17.3. The Morgan fingerprint density at radius 2 is 1.96 bits per heavy atom. The highest BCUT2D eigenvalue weighted by Crippen LogP contribution is 2.66. The average molecular weight is 393 g/mol. The fourth-order valence-corrected chi connectivity index (χ4v) is 7.53. The van der Waals surface area contributed by atoms with Crippen LogP contribution in [0, 0.1) is 40.4 Å². The first-order chi connectivity index (χ1) is 13.4. The summed E-state index contributed by atoms with van der Waals surface area (Å²) in [7, 11) is 0. The Morgan fingerprint density at radius 1 is 1.18 bits per heavy atom. The molecule has 4 rings (SSSR count). The SMILES string of the molecule is CC12CCC3C(C(O)C(CO)C4C/C(=N/OCCN)CCC43C)C1CCC2=O. The molecule has 158 valence electrons. The van der Waals surface area contributed by atoms with Gasteiger partial charge in [-0.3, -0.25) is 4.79 Å². The van der Waals surface area contributed by atoms with Gasteiger partial charge in [-0.05, 0) is 67.6 Å². The number of Topliss-reactive ketones (excluding diaryl/α,β-unsaturated/α-hetero) is 1. The van der Waals surface area contributed by atoms with Crippen molar-refractivity contribution in [3.05, 3.63) is 0 Å². The second kappa shape index (κ2) is 7.37. The molecule has 0 heterocycles. The predicted molar refractivity (Wildman–Crippen MR) is 107 cm³/mol. The Kier molecular flexibility index (Phi) is 5.34. The van der Waals surface area contributed by atoms with E-state index < -0.39 is 6.10 Å². The van der Waals surface area contributed by atoms with Crippen LogP contribution >= 0.6 is 0 Å². The molecule has 28 heavy (non-hydrogen) atoms. The number of rotatable bonds is 4. The van der Waals surface area contributed by atoms with E-state index in [1.807, 2.05) is 0 Å². The largest absolute Gasteiger partial charge is 0.396 e. The van der Waals surface area contributed by atoms with E-state index in [0.717, 1.165) is 44.2 Å². The van der Waals surface area contributed by atoms with Crippen LogP contribution in [0.25, 0.3) is 0 Å². The van der Waals surface area contributed by atoms with Gasteiger partial charge < -0.3 is 20.8 Å². The summed E-state index contributed by atoms with van der Waals surface area (Å²) in [5, 5.41) is 26.0. The minimum atomic E-state index is -0.548. The smallest absolute Gasteiger partial charge is 0.139 e. The summed E-state index contributed by atoms with van der Waals surface area (Å²) < 4.78 is 0. The molecule has 4 N–H and O–H groups in total. The lowest BCUT2D eigenvalue weighted by Crippen LogP contribution is -2.62. The molecule has 0 aliphatic heterocycles. The van der Waals surface area contributed by atoms with Gasteiger partial charge in [-0.2, -0.15) is 0 Å². The van der Waals surface area contributed by atoms with Gasteiger partial charge in [0.2, 0.25) is 0 Å². The van der Waals surface area contributed by atoms with Crippen LogP contribution < -0.4 is 5.73 Å². The summed E-state index contributed by atoms with van der Waals surface area (Å²) in [5.74, 6) is 1.20. The molecule has 4 aliphatic carbocycles. The van der Waals surface area contributed by atoms with Gasteiger partial charge in [0, 0.05) is 30.9 Å². The molecule has 0 aromatic carbocycles. The molecule has 0 aromatic rings. The maximum absolute atomic E-state index is 12.6. The highest BCUT2D eigenvalue weighted by molar-refractivity contribution is 5.87. The number of aliphatic hydroxyl groups excluding tert-OH is 2. The van der Waals surface area contributed by atoms with Crippen molar-refractivity contribution < 1.29 is 19.8 Å². The number of ketones is 1. The number of aliphatic hydroxyl groups is 2. The lowest BCUT2D eigenvalue weighted by molar-refractivity contribution is -0.188. The Hall–Kier alpha value is -0.980. The molecule has 0 saturated heterocycles. The Morgan fingerprint density at radius 3 is 2.68 bits per heavy atom. The summed E-state index contributed by atoms with van der Waals surface area (Å²) in [4.78, 5) is 17.9. The van der Waals surface area contributed by atoms with Crippen molar-refractivity contribution in [3.63, 3.8) is 0 Å². The van der Waals surface area contributed by atoms with E-state index in [2.05, 4.69) is 19.0 Å². The van der Waals surface area contributed by atoms with Crippen LogP contribution in [0.5, 0.6) is 0 Å². The van der Waals surface area contributed by atoms with Crippen molar-refractivity contribution in [1.82, 2.24) is 0 Å². The zero-order chi connectivity index (χ0) is 20.1. The highest BCUT2D eigenvalue weighted by atomic mass is 16.6. The van der Waals surface area contributed by atoms with Crippen LogP contribution in [0.1, 0.15) is 58.8 Å². The third kappa shape index (κ3) is 2.86. The summed E-state index contributed by atoms with van der Waals surface area (Å²) in [5.41, 5.74) is 6.30.